The van der Waals surface area contributed by atoms with Gasteiger partial charge in [-0.15, -0.1) is 0 Å². The van der Waals surface area contributed by atoms with Crippen LogP contribution < -0.4 is 10.6 Å². The fourth-order valence-corrected chi connectivity index (χ4v) is 7.54. The average Bonchev–Trinajstić information content (AvgIpc) is 3.49. The molecule has 4 fully saturated rings. The lowest BCUT2D eigenvalue weighted by Crippen LogP contribution is -2.57. The summed E-state index contributed by atoms with van der Waals surface area (Å²) >= 11 is 0. The van der Waals surface area contributed by atoms with Crippen molar-refractivity contribution < 1.29 is 24.2 Å². The number of nitrogens with one attached hydrogen (secondary N) is 2. The van der Waals surface area contributed by atoms with Crippen LogP contribution in [0.3, 0.4) is 0 Å². The SMILES string of the molecule is C[C@]12CCC3(O1)C(C(=O)NC1CCCCC1)N(CCCCCCO)C(=O)[C@@H]3[C@H]2C(=O)NCc1ccccc1. The first kappa shape index (κ1) is 27.1. The number of carbonyl (C=O) groups excluding carboxylic acids is 3. The van der Waals surface area contributed by atoms with Gasteiger partial charge in [0.15, 0.2) is 0 Å². The standard InChI is InChI=1S/C30H43N3O5/c1-29-16-17-30(38-29)24(23(29)26(35)31-20-21-12-6-4-7-13-21)28(37)33(18-10-2-3-11-19-34)25(30)27(36)32-22-14-8-5-9-15-22/h4,6-7,12-13,22-25,34H,2-3,5,8-11,14-20H2,1H3,(H,31,35)(H,32,36)/t23-,24-,25?,29+,30?/m0/s1. The van der Waals surface area contributed by atoms with Gasteiger partial charge in [0.05, 0.1) is 17.4 Å². The second-order valence-electron chi connectivity index (χ2n) is 11.9. The van der Waals surface area contributed by atoms with Gasteiger partial charge in [-0.1, -0.05) is 62.4 Å². The van der Waals surface area contributed by atoms with Crippen molar-refractivity contribution in [3.63, 3.8) is 0 Å². The molecule has 5 atom stereocenters. The third kappa shape index (κ3) is 4.97. The molecule has 0 aromatic heterocycles. The first-order chi connectivity index (χ1) is 18.4. The summed E-state index contributed by atoms with van der Waals surface area (Å²) < 4.78 is 6.71. The Kier molecular flexibility index (Phi) is 8.10. The molecule has 3 amide bonds. The Bertz CT molecular complexity index is 1010. The first-order valence-electron chi connectivity index (χ1n) is 14.6. The number of amides is 3. The normalized spacial score (nSPS) is 32.4. The van der Waals surface area contributed by atoms with Crippen LogP contribution in [0.15, 0.2) is 30.3 Å². The number of fused-ring (bicyclic) bond motifs is 1. The molecule has 4 aliphatic rings. The van der Waals surface area contributed by atoms with Crippen LogP contribution in [0.25, 0.3) is 0 Å². The van der Waals surface area contributed by atoms with Crippen LogP contribution in [-0.2, 0) is 25.7 Å². The molecule has 38 heavy (non-hydrogen) atoms. The minimum absolute atomic E-state index is 0.126. The summed E-state index contributed by atoms with van der Waals surface area (Å²) in [4.78, 5) is 43.3. The number of unbranched alkanes of at least 4 members (excludes halogenated alkanes) is 3. The second-order valence-corrected chi connectivity index (χ2v) is 11.9. The molecule has 8 heteroatoms. The molecule has 2 unspecified atom stereocenters. The average molecular weight is 526 g/mol. The highest BCUT2D eigenvalue weighted by Crippen LogP contribution is 2.63. The molecule has 3 saturated heterocycles. The van der Waals surface area contributed by atoms with E-state index >= 15 is 0 Å². The molecule has 1 aliphatic carbocycles. The van der Waals surface area contributed by atoms with E-state index in [0.29, 0.717) is 25.9 Å². The Balaban J connectivity index is 1.38. The molecule has 3 heterocycles. The van der Waals surface area contributed by atoms with Crippen LogP contribution in [0.2, 0.25) is 0 Å². The highest BCUT2D eigenvalue weighted by atomic mass is 16.5. The predicted octanol–water partition coefficient (Wildman–Crippen LogP) is 3.07. The zero-order valence-corrected chi connectivity index (χ0v) is 22.6. The lowest BCUT2D eigenvalue weighted by Gasteiger charge is -2.35. The number of carbonyl (C=O) groups is 3. The molecule has 1 aromatic rings. The highest BCUT2D eigenvalue weighted by Gasteiger charge is 2.77. The Morgan fingerprint density at radius 2 is 1.76 bits per heavy atom. The van der Waals surface area contributed by atoms with E-state index in [-0.39, 0.29) is 30.4 Å². The Morgan fingerprint density at radius 3 is 2.50 bits per heavy atom. The van der Waals surface area contributed by atoms with Crippen LogP contribution in [0, 0.1) is 11.8 Å². The summed E-state index contributed by atoms with van der Waals surface area (Å²) in [7, 11) is 0. The van der Waals surface area contributed by atoms with E-state index in [2.05, 4.69) is 10.6 Å². The van der Waals surface area contributed by atoms with E-state index < -0.39 is 29.1 Å². The topological polar surface area (TPSA) is 108 Å². The summed E-state index contributed by atoms with van der Waals surface area (Å²) in [5, 5.41) is 15.4. The number of likely N-dealkylation sites (tertiary alicyclic amines) is 1. The monoisotopic (exact) mass is 525 g/mol. The lowest BCUT2D eigenvalue weighted by molar-refractivity contribution is -0.146. The molecule has 8 nitrogen and oxygen atoms in total. The molecule has 0 radical (unpaired) electrons. The van der Waals surface area contributed by atoms with Gasteiger partial charge < -0.3 is 25.4 Å². The van der Waals surface area contributed by atoms with Crippen LogP contribution in [0.5, 0.6) is 0 Å². The maximum atomic E-state index is 14.1. The van der Waals surface area contributed by atoms with Crippen LogP contribution in [-0.4, -0.2) is 64.2 Å². The number of hydrogen-bond donors (Lipinski definition) is 3. The van der Waals surface area contributed by atoms with Gasteiger partial charge in [0.2, 0.25) is 17.7 Å². The van der Waals surface area contributed by atoms with E-state index in [0.717, 1.165) is 56.9 Å². The molecule has 3 N–H and O–H groups in total. The van der Waals surface area contributed by atoms with Gasteiger partial charge >= 0.3 is 0 Å². The summed E-state index contributed by atoms with van der Waals surface area (Å²) in [5.74, 6) is -1.71. The Morgan fingerprint density at radius 1 is 1.03 bits per heavy atom. The van der Waals surface area contributed by atoms with Crippen LogP contribution in [0.1, 0.15) is 83.1 Å². The number of aliphatic hydroxyl groups is 1. The minimum Gasteiger partial charge on any atom is -0.396 e. The molecule has 208 valence electrons. The molecule has 1 saturated carbocycles. The van der Waals surface area contributed by atoms with Crippen molar-refractivity contribution in [2.45, 2.75) is 107 Å². The Labute approximate surface area is 225 Å². The zero-order chi connectivity index (χ0) is 26.8. The number of benzene rings is 1. The summed E-state index contributed by atoms with van der Waals surface area (Å²) in [5.41, 5.74) is -0.737. The molecule has 5 rings (SSSR count). The van der Waals surface area contributed by atoms with E-state index in [4.69, 9.17) is 9.84 Å². The van der Waals surface area contributed by atoms with Gasteiger partial charge in [0.1, 0.15) is 11.6 Å². The van der Waals surface area contributed by atoms with Crippen molar-refractivity contribution in [2.75, 3.05) is 13.2 Å². The molecular weight excluding hydrogens is 482 g/mol. The van der Waals surface area contributed by atoms with Crippen LogP contribution in [0.4, 0.5) is 0 Å². The third-order valence-corrected chi connectivity index (χ3v) is 9.38. The molecule has 1 aromatic carbocycles. The fourth-order valence-electron chi connectivity index (χ4n) is 7.54. The van der Waals surface area contributed by atoms with Gasteiger partial charge in [-0.25, -0.2) is 0 Å². The van der Waals surface area contributed by atoms with Gasteiger partial charge in [-0.3, -0.25) is 14.4 Å². The van der Waals surface area contributed by atoms with Gasteiger partial charge in [0, 0.05) is 25.7 Å². The number of rotatable bonds is 11. The molecule has 3 aliphatic heterocycles. The third-order valence-electron chi connectivity index (χ3n) is 9.38. The van der Waals surface area contributed by atoms with Crippen molar-refractivity contribution in [2.24, 2.45) is 11.8 Å². The summed E-state index contributed by atoms with van der Waals surface area (Å²) in [6.07, 6.45) is 9.83. The quantitative estimate of drug-likeness (QED) is 0.385. The maximum absolute atomic E-state index is 14.1. The van der Waals surface area contributed by atoms with Gasteiger partial charge in [-0.05, 0) is 51.0 Å². The number of hydrogen-bond acceptors (Lipinski definition) is 5. The molecule has 2 bridgehead atoms. The molecular formula is C30H43N3O5. The van der Waals surface area contributed by atoms with Gasteiger partial charge in [-0.2, -0.15) is 0 Å². The number of aliphatic hydroxyl groups excluding tert-OH is 1. The first-order valence-corrected chi connectivity index (χ1v) is 14.6. The summed E-state index contributed by atoms with van der Waals surface area (Å²) in [6.45, 7) is 2.95. The maximum Gasteiger partial charge on any atom is 0.246 e. The van der Waals surface area contributed by atoms with E-state index in [1.165, 1.54) is 6.42 Å². The zero-order valence-electron chi connectivity index (χ0n) is 22.6. The minimum atomic E-state index is -0.968. The predicted molar refractivity (Wildman–Crippen MR) is 143 cm³/mol. The highest BCUT2D eigenvalue weighted by molar-refractivity contribution is 5.99. The van der Waals surface area contributed by atoms with Crippen molar-refractivity contribution in [1.29, 1.82) is 0 Å². The lowest BCUT2D eigenvalue weighted by atomic mass is 9.66. The van der Waals surface area contributed by atoms with Crippen molar-refractivity contribution in [3.05, 3.63) is 35.9 Å². The van der Waals surface area contributed by atoms with Gasteiger partial charge in [0.25, 0.3) is 0 Å². The largest absolute Gasteiger partial charge is 0.396 e. The fraction of sp³-hybridized carbons (Fsp3) is 0.700. The van der Waals surface area contributed by atoms with Crippen molar-refractivity contribution in [1.82, 2.24) is 15.5 Å². The van der Waals surface area contributed by atoms with E-state index in [1.807, 2.05) is 37.3 Å². The number of nitrogens with zero attached hydrogens (tertiary/aromatic N) is 1. The molecule has 1 spiro atoms. The van der Waals surface area contributed by atoms with E-state index in [9.17, 15) is 14.4 Å². The smallest absolute Gasteiger partial charge is 0.246 e. The van der Waals surface area contributed by atoms with Crippen molar-refractivity contribution in [3.8, 4) is 0 Å². The number of ether oxygens (including phenoxy) is 1. The van der Waals surface area contributed by atoms with Crippen LogP contribution >= 0.6 is 0 Å². The van der Waals surface area contributed by atoms with Crippen molar-refractivity contribution >= 4 is 17.7 Å². The Hall–Kier alpha value is -2.45. The van der Waals surface area contributed by atoms with E-state index in [1.54, 1.807) is 4.90 Å². The summed E-state index contributed by atoms with van der Waals surface area (Å²) in [6, 6.07) is 9.16. The second kappa shape index (κ2) is 11.3.